The molecule has 0 aliphatic rings. The molecule has 2 rings (SSSR count). The summed E-state index contributed by atoms with van der Waals surface area (Å²) < 4.78 is 11.4. The third-order valence-electron chi connectivity index (χ3n) is 4.40. The van der Waals surface area contributed by atoms with Crippen LogP contribution in [0, 0.1) is 13.8 Å². The van der Waals surface area contributed by atoms with E-state index in [-0.39, 0.29) is 5.92 Å². The van der Waals surface area contributed by atoms with E-state index in [1.807, 2.05) is 26.0 Å². The molecule has 0 aliphatic heterocycles. The molecule has 0 bridgehead atoms. The molecule has 0 saturated carbocycles. The Kier molecular flexibility index (Phi) is 6.68. The summed E-state index contributed by atoms with van der Waals surface area (Å²) in [6.07, 6.45) is 0.862. The molecule has 0 aliphatic carbocycles. The fourth-order valence-corrected chi connectivity index (χ4v) is 2.87. The van der Waals surface area contributed by atoms with Crippen LogP contribution in [0.2, 0.25) is 0 Å². The van der Waals surface area contributed by atoms with Gasteiger partial charge in [-0.2, -0.15) is 0 Å². The van der Waals surface area contributed by atoms with Crippen LogP contribution in [-0.2, 0) is 6.42 Å². The van der Waals surface area contributed by atoms with Crippen LogP contribution in [0.15, 0.2) is 36.4 Å². The summed E-state index contributed by atoms with van der Waals surface area (Å²) >= 11 is 0. The molecule has 2 N–H and O–H groups in total. The first-order valence-electron chi connectivity index (χ1n) is 8.74. The van der Waals surface area contributed by atoms with E-state index in [4.69, 9.17) is 15.2 Å². The molecular weight excluding hydrogens is 298 g/mol. The van der Waals surface area contributed by atoms with Crippen molar-refractivity contribution in [1.82, 2.24) is 0 Å². The maximum absolute atomic E-state index is 6.08. The third kappa shape index (κ3) is 4.51. The first-order chi connectivity index (χ1) is 11.6. The van der Waals surface area contributed by atoms with Gasteiger partial charge in [0.1, 0.15) is 11.5 Å². The fourth-order valence-electron chi connectivity index (χ4n) is 2.87. The summed E-state index contributed by atoms with van der Waals surface area (Å²) in [4.78, 5) is 0. The Labute approximate surface area is 145 Å². The highest BCUT2D eigenvalue weighted by Gasteiger charge is 2.15. The van der Waals surface area contributed by atoms with Crippen LogP contribution in [0.3, 0.4) is 0 Å². The summed E-state index contributed by atoms with van der Waals surface area (Å²) in [6, 6.07) is 12.7. The molecule has 1 atom stereocenters. The lowest BCUT2D eigenvalue weighted by Gasteiger charge is -2.19. The summed E-state index contributed by atoms with van der Waals surface area (Å²) in [5.74, 6) is 2.02. The number of benzene rings is 2. The molecule has 0 spiro atoms. The minimum Gasteiger partial charge on any atom is -0.494 e. The molecule has 0 amide bonds. The number of aryl methyl sites for hydroxylation is 2. The molecule has 0 saturated heterocycles. The summed E-state index contributed by atoms with van der Waals surface area (Å²) in [5.41, 5.74) is 11.2. The highest BCUT2D eigenvalue weighted by Crippen LogP contribution is 2.30. The second-order valence-electron chi connectivity index (χ2n) is 6.12. The van der Waals surface area contributed by atoms with Gasteiger partial charge in [0.15, 0.2) is 0 Å². The van der Waals surface area contributed by atoms with Crippen LogP contribution >= 0.6 is 0 Å². The third-order valence-corrected chi connectivity index (χ3v) is 4.40. The average molecular weight is 327 g/mol. The summed E-state index contributed by atoms with van der Waals surface area (Å²) in [5, 5.41) is 0. The average Bonchev–Trinajstić information content (AvgIpc) is 2.57. The fraction of sp³-hybridized carbons (Fsp3) is 0.429. The second kappa shape index (κ2) is 8.74. The molecule has 2 aromatic rings. The van der Waals surface area contributed by atoms with Crippen molar-refractivity contribution in [2.24, 2.45) is 5.73 Å². The van der Waals surface area contributed by atoms with Gasteiger partial charge in [0, 0.05) is 12.0 Å². The molecule has 0 heterocycles. The van der Waals surface area contributed by atoms with Gasteiger partial charge in [-0.05, 0) is 69.0 Å². The number of nitrogens with two attached hydrogens (primary N) is 1. The van der Waals surface area contributed by atoms with Crippen LogP contribution in [-0.4, -0.2) is 19.8 Å². The van der Waals surface area contributed by atoms with Gasteiger partial charge in [0.2, 0.25) is 0 Å². The zero-order valence-corrected chi connectivity index (χ0v) is 15.3. The van der Waals surface area contributed by atoms with Crippen LogP contribution in [0.5, 0.6) is 11.5 Å². The normalized spacial score (nSPS) is 12.0. The Hall–Kier alpha value is -2.00. The van der Waals surface area contributed by atoms with E-state index in [2.05, 4.69) is 38.1 Å². The van der Waals surface area contributed by atoms with Gasteiger partial charge in [-0.1, -0.05) is 24.3 Å². The van der Waals surface area contributed by atoms with Crippen LogP contribution in [0.1, 0.15) is 42.0 Å². The monoisotopic (exact) mass is 327 g/mol. The van der Waals surface area contributed by atoms with Crippen molar-refractivity contribution < 1.29 is 9.47 Å². The van der Waals surface area contributed by atoms with Gasteiger partial charge >= 0.3 is 0 Å². The van der Waals surface area contributed by atoms with Gasteiger partial charge in [0.05, 0.1) is 13.2 Å². The SMILES string of the molecule is CCOc1ccc(CC(CN)c2ccc(C)c(C)c2)c(OCC)c1. The van der Waals surface area contributed by atoms with Gasteiger partial charge in [0.25, 0.3) is 0 Å². The van der Waals surface area contributed by atoms with E-state index in [9.17, 15) is 0 Å². The van der Waals surface area contributed by atoms with Crippen LogP contribution in [0.4, 0.5) is 0 Å². The van der Waals surface area contributed by atoms with Crippen molar-refractivity contribution in [3.8, 4) is 11.5 Å². The number of rotatable bonds is 8. The molecular formula is C21H29NO2. The summed E-state index contributed by atoms with van der Waals surface area (Å²) in [7, 11) is 0. The van der Waals surface area contributed by atoms with E-state index in [1.54, 1.807) is 0 Å². The minimum atomic E-state index is 0.279. The van der Waals surface area contributed by atoms with E-state index < -0.39 is 0 Å². The first-order valence-corrected chi connectivity index (χ1v) is 8.74. The topological polar surface area (TPSA) is 44.5 Å². The molecule has 2 aromatic carbocycles. The molecule has 0 fully saturated rings. The maximum atomic E-state index is 6.08. The quantitative estimate of drug-likeness (QED) is 0.782. The zero-order valence-electron chi connectivity index (χ0n) is 15.3. The smallest absolute Gasteiger partial charge is 0.126 e. The Morgan fingerprint density at radius 3 is 2.29 bits per heavy atom. The van der Waals surface area contributed by atoms with Crippen LogP contribution < -0.4 is 15.2 Å². The zero-order chi connectivity index (χ0) is 17.5. The van der Waals surface area contributed by atoms with E-state index in [0.29, 0.717) is 19.8 Å². The Balaban J connectivity index is 2.27. The predicted octanol–water partition coefficient (Wildman–Crippen LogP) is 4.39. The van der Waals surface area contributed by atoms with Gasteiger partial charge < -0.3 is 15.2 Å². The highest BCUT2D eigenvalue weighted by atomic mass is 16.5. The number of hydrogen-bond acceptors (Lipinski definition) is 3. The van der Waals surface area contributed by atoms with E-state index in [0.717, 1.165) is 17.9 Å². The minimum absolute atomic E-state index is 0.279. The molecule has 0 aromatic heterocycles. The second-order valence-corrected chi connectivity index (χ2v) is 6.12. The van der Waals surface area contributed by atoms with Crippen molar-refractivity contribution in [3.63, 3.8) is 0 Å². The number of hydrogen-bond donors (Lipinski definition) is 1. The molecule has 3 nitrogen and oxygen atoms in total. The largest absolute Gasteiger partial charge is 0.494 e. The first kappa shape index (κ1) is 18.3. The maximum Gasteiger partial charge on any atom is 0.126 e. The number of ether oxygens (including phenoxy) is 2. The van der Waals surface area contributed by atoms with Gasteiger partial charge in [-0.3, -0.25) is 0 Å². The van der Waals surface area contributed by atoms with Crippen molar-refractivity contribution in [3.05, 3.63) is 58.7 Å². The van der Waals surface area contributed by atoms with Crippen molar-refractivity contribution in [1.29, 1.82) is 0 Å². The lowest BCUT2D eigenvalue weighted by atomic mass is 9.90. The standard InChI is InChI=1S/C21H29NO2/c1-5-23-20-10-9-18(21(13-20)24-6-2)12-19(14-22)17-8-7-15(3)16(4)11-17/h7-11,13,19H,5-6,12,14,22H2,1-4H3. The molecule has 24 heavy (non-hydrogen) atoms. The van der Waals surface area contributed by atoms with E-state index in [1.165, 1.54) is 22.3 Å². The highest BCUT2D eigenvalue weighted by molar-refractivity contribution is 5.42. The predicted molar refractivity (Wildman–Crippen MR) is 100 cm³/mol. The molecule has 1 unspecified atom stereocenters. The van der Waals surface area contributed by atoms with Crippen molar-refractivity contribution in [2.45, 2.75) is 40.0 Å². The Morgan fingerprint density at radius 2 is 1.67 bits per heavy atom. The van der Waals surface area contributed by atoms with E-state index >= 15 is 0 Å². The Bertz CT molecular complexity index is 667. The lowest BCUT2D eigenvalue weighted by molar-refractivity contribution is 0.320. The van der Waals surface area contributed by atoms with Crippen molar-refractivity contribution >= 4 is 0 Å². The van der Waals surface area contributed by atoms with Crippen molar-refractivity contribution in [2.75, 3.05) is 19.8 Å². The molecule has 3 heteroatoms. The summed E-state index contributed by atoms with van der Waals surface area (Å²) in [6.45, 7) is 10.2. The van der Waals surface area contributed by atoms with Crippen LogP contribution in [0.25, 0.3) is 0 Å². The molecule has 130 valence electrons. The lowest BCUT2D eigenvalue weighted by Crippen LogP contribution is -2.16. The Morgan fingerprint density at radius 1 is 0.917 bits per heavy atom. The van der Waals surface area contributed by atoms with Gasteiger partial charge in [-0.15, -0.1) is 0 Å². The van der Waals surface area contributed by atoms with Gasteiger partial charge in [-0.25, -0.2) is 0 Å². The molecule has 0 radical (unpaired) electrons.